The van der Waals surface area contributed by atoms with Crippen molar-refractivity contribution in [3.63, 3.8) is 0 Å². The van der Waals surface area contributed by atoms with E-state index in [9.17, 15) is 26.8 Å². The summed E-state index contributed by atoms with van der Waals surface area (Å²) in [6, 6.07) is 11.1. The molecule has 0 aromatic heterocycles. The monoisotopic (exact) mass is 481 g/mol. The van der Waals surface area contributed by atoms with Crippen molar-refractivity contribution in [2.24, 2.45) is 0 Å². The molecule has 0 aliphatic carbocycles. The molecule has 2 aromatic rings. The summed E-state index contributed by atoms with van der Waals surface area (Å²) in [5, 5.41) is 2.70. The summed E-state index contributed by atoms with van der Waals surface area (Å²) in [5.41, 5.74) is 0.764. The van der Waals surface area contributed by atoms with E-state index in [0.717, 1.165) is 30.0 Å². The zero-order valence-corrected chi connectivity index (χ0v) is 19.7. The van der Waals surface area contributed by atoms with E-state index < -0.39 is 40.2 Å². The summed E-state index contributed by atoms with van der Waals surface area (Å²) < 4.78 is 52.6. The molecule has 0 saturated heterocycles. The zero-order valence-electron chi connectivity index (χ0n) is 18.9. The van der Waals surface area contributed by atoms with Crippen LogP contribution in [0.3, 0.4) is 0 Å². The second-order valence-corrected chi connectivity index (χ2v) is 9.42. The van der Waals surface area contributed by atoms with E-state index in [1.165, 1.54) is 4.90 Å². The number of halogens is 2. The third kappa shape index (κ3) is 7.24. The highest BCUT2D eigenvalue weighted by Crippen LogP contribution is 2.21. The number of likely N-dealkylation sites (N-methyl/N-ethyl adjacent to an activating group) is 1. The van der Waals surface area contributed by atoms with Crippen LogP contribution in [-0.4, -0.2) is 57.1 Å². The van der Waals surface area contributed by atoms with E-state index in [1.807, 2.05) is 30.3 Å². The number of amides is 2. The van der Waals surface area contributed by atoms with E-state index in [4.69, 9.17) is 0 Å². The summed E-state index contributed by atoms with van der Waals surface area (Å²) in [4.78, 5) is 27.3. The highest BCUT2D eigenvalue weighted by Gasteiger charge is 2.31. The molecule has 0 saturated carbocycles. The molecular weight excluding hydrogens is 452 g/mol. The van der Waals surface area contributed by atoms with Crippen LogP contribution in [0, 0.1) is 11.6 Å². The number of sulfonamides is 1. The Balaban J connectivity index is 2.36. The van der Waals surface area contributed by atoms with E-state index in [1.54, 1.807) is 13.8 Å². The molecule has 0 unspecified atom stereocenters. The molecule has 33 heavy (non-hydrogen) atoms. The molecule has 0 bridgehead atoms. The largest absolute Gasteiger partial charge is 0.355 e. The summed E-state index contributed by atoms with van der Waals surface area (Å²) in [7, 11) is -4.01. The van der Waals surface area contributed by atoms with E-state index in [2.05, 4.69) is 5.32 Å². The minimum absolute atomic E-state index is 0.174. The van der Waals surface area contributed by atoms with Crippen molar-refractivity contribution in [2.45, 2.75) is 32.7 Å². The minimum atomic E-state index is -4.01. The predicted octanol–water partition coefficient (Wildman–Crippen LogP) is 2.72. The number of hydrogen-bond acceptors (Lipinski definition) is 4. The van der Waals surface area contributed by atoms with Crippen LogP contribution in [-0.2, 0) is 26.0 Å². The number of anilines is 1. The van der Waals surface area contributed by atoms with Crippen LogP contribution in [0.15, 0.2) is 48.5 Å². The van der Waals surface area contributed by atoms with Gasteiger partial charge in [0.25, 0.3) is 0 Å². The van der Waals surface area contributed by atoms with Gasteiger partial charge in [-0.25, -0.2) is 17.2 Å². The number of carbonyl (C=O) groups excluding carboxylic acids is 2. The summed E-state index contributed by atoms with van der Waals surface area (Å²) in [6.45, 7) is 3.41. The highest BCUT2D eigenvalue weighted by molar-refractivity contribution is 7.92. The molecule has 0 aliphatic heterocycles. The molecule has 0 fully saturated rings. The summed E-state index contributed by atoms with van der Waals surface area (Å²) in [6.07, 6.45) is 1.64. The molecule has 180 valence electrons. The first kappa shape index (κ1) is 26.2. The Labute approximate surface area is 193 Å². The third-order valence-electron chi connectivity index (χ3n) is 5.09. The average molecular weight is 482 g/mol. The first-order chi connectivity index (χ1) is 15.6. The van der Waals surface area contributed by atoms with Crippen molar-refractivity contribution in [1.82, 2.24) is 10.2 Å². The second kappa shape index (κ2) is 11.7. The quantitative estimate of drug-likeness (QED) is 0.535. The van der Waals surface area contributed by atoms with Crippen LogP contribution in [0.1, 0.15) is 25.8 Å². The minimum Gasteiger partial charge on any atom is -0.355 e. The van der Waals surface area contributed by atoms with Crippen molar-refractivity contribution in [3.05, 3.63) is 65.7 Å². The van der Waals surface area contributed by atoms with Gasteiger partial charge in [0.1, 0.15) is 12.6 Å². The van der Waals surface area contributed by atoms with Gasteiger partial charge in [-0.2, -0.15) is 0 Å². The van der Waals surface area contributed by atoms with Crippen molar-refractivity contribution in [3.8, 4) is 0 Å². The maximum atomic E-state index is 13.8. The van der Waals surface area contributed by atoms with Gasteiger partial charge in [0, 0.05) is 19.2 Å². The fourth-order valence-electron chi connectivity index (χ4n) is 3.44. The zero-order chi connectivity index (χ0) is 24.6. The van der Waals surface area contributed by atoms with Gasteiger partial charge >= 0.3 is 0 Å². The molecular formula is C23H29F2N3O4S. The Hall–Kier alpha value is -3.01. The Kier molecular flexibility index (Phi) is 9.33. The van der Waals surface area contributed by atoms with Crippen molar-refractivity contribution < 1.29 is 26.8 Å². The Morgan fingerprint density at radius 1 is 1.03 bits per heavy atom. The van der Waals surface area contributed by atoms with Gasteiger partial charge in [0.05, 0.1) is 11.9 Å². The lowest BCUT2D eigenvalue weighted by Gasteiger charge is -2.32. The van der Waals surface area contributed by atoms with Gasteiger partial charge in [-0.3, -0.25) is 13.9 Å². The van der Waals surface area contributed by atoms with Gasteiger partial charge in [0.15, 0.2) is 11.6 Å². The molecule has 2 amide bonds. The topological polar surface area (TPSA) is 86.8 Å². The maximum absolute atomic E-state index is 13.8. The first-order valence-electron chi connectivity index (χ1n) is 10.6. The Bertz CT molecular complexity index is 1060. The molecule has 2 rings (SSSR count). The lowest BCUT2D eigenvalue weighted by atomic mass is 10.1. The average Bonchev–Trinajstić information content (AvgIpc) is 2.76. The number of nitrogens with zero attached hydrogens (tertiary/aromatic N) is 2. The van der Waals surface area contributed by atoms with Crippen LogP contribution >= 0.6 is 0 Å². The molecule has 7 nitrogen and oxygen atoms in total. The van der Waals surface area contributed by atoms with E-state index >= 15 is 0 Å². The normalized spacial score (nSPS) is 12.2. The predicted molar refractivity (Wildman–Crippen MR) is 123 cm³/mol. The molecule has 2 aromatic carbocycles. The van der Waals surface area contributed by atoms with Crippen molar-refractivity contribution in [1.29, 1.82) is 0 Å². The molecule has 0 spiro atoms. The van der Waals surface area contributed by atoms with E-state index in [0.29, 0.717) is 23.7 Å². The highest BCUT2D eigenvalue weighted by atomic mass is 32.2. The lowest BCUT2D eigenvalue weighted by molar-refractivity contribution is -0.139. The van der Waals surface area contributed by atoms with Gasteiger partial charge < -0.3 is 10.2 Å². The summed E-state index contributed by atoms with van der Waals surface area (Å²) in [5.74, 6) is -3.34. The van der Waals surface area contributed by atoms with Gasteiger partial charge in [-0.05, 0) is 37.5 Å². The molecule has 0 aliphatic rings. The fourth-order valence-corrected chi connectivity index (χ4v) is 4.28. The molecule has 1 N–H and O–H groups in total. The fraction of sp³-hybridized carbons (Fsp3) is 0.391. The number of benzene rings is 2. The van der Waals surface area contributed by atoms with Gasteiger partial charge in [0.2, 0.25) is 21.8 Å². The molecule has 0 heterocycles. The molecule has 0 radical (unpaired) electrons. The molecule has 10 heteroatoms. The van der Waals surface area contributed by atoms with Crippen LogP contribution in [0.25, 0.3) is 0 Å². The first-order valence-corrected chi connectivity index (χ1v) is 12.5. The standard InChI is InChI=1S/C23H29F2N3O4S/c1-4-21(23(30)26-5-2)27(14-13-17-9-7-6-8-10-17)22(29)16-28(33(3,31)32)18-11-12-19(24)20(25)15-18/h6-12,15,21H,4-5,13-14,16H2,1-3H3,(H,26,30)/t21-/m0/s1. The smallest absolute Gasteiger partial charge is 0.244 e. The van der Waals surface area contributed by atoms with Crippen LogP contribution in [0.4, 0.5) is 14.5 Å². The number of rotatable bonds is 11. The number of nitrogens with one attached hydrogen (secondary N) is 1. The molecule has 1 atom stereocenters. The Morgan fingerprint density at radius 3 is 2.24 bits per heavy atom. The maximum Gasteiger partial charge on any atom is 0.244 e. The SMILES string of the molecule is CCNC(=O)[C@H](CC)N(CCc1ccccc1)C(=O)CN(c1ccc(F)c(F)c1)S(C)(=O)=O. The van der Waals surface area contributed by atoms with Crippen molar-refractivity contribution in [2.75, 3.05) is 30.2 Å². The summed E-state index contributed by atoms with van der Waals surface area (Å²) >= 11 is 0. The van der Waals surface area contributed by atoms with Crippen LogP contribution in [0.5, 0.6) is 0 Å². The second-order valence-electron chi connectivity index (χ2n) is 7.51. The Morgan fingerprint density at radius 2 is 1.70 bits per heavy atom. The lowest BCUT2D eigenvalue weighted by Crippen LogP contribution is -2.53. The van der Waals surface area contributed by atoms with E-state index in [-0.39, 0.29) is 18.1 Å². The number of hydrogen-bond donors (Lipinski definition) is 1. The third-order valence-corrected chi connectivity index (χ3v) is 6.23. The van der Waals surface area contributed by atoms with Crippen molar-refractivity contribution >= 4 is 27.5 Å². The van der Waals surface area contributed by atoms with Crippen LogP contribution < -0.4 is 9.62 Å². The van der Waals surface area contributed by atoms with Gasteiger partial charge in [-0.15, -0.1) is 0 Å². The van der Waals surface area contributed by atoms with Gasteiger partial charge in [-0.1, -0.05) is 37.3 Å². The van der Waals surface area contributed by atoms with Crippen LogP contribution in [0.2, 0.25) is 0 Å². The number of carbonyl (C=O) groups is 2.